The summed E-state index contributed by atoms with van der Waals surface area (Å²) in [5, 5.41) is 9.04. The molecular weight excluding hydrogens is 248 g/mol. The average molecular weight is 268 g/mol. The summed E-state index contributed by atoms with van der Waals surface area (Å²) in [5.74, 6) is 1.05. The van der Waals surface area contributed by atoms with E-state index in [1.54, 1.807) is 0 Å². The fourth-order valence-electron chi connectivity index (χ4n) is 2.32. The molecule has 2 rings (SSSR count). The minimum Gasteiger partial charge on any atom is -0.467 e. The molecule has 0 saturated carbocycles. The van der Waals surface area contributed by atoms with E-state index in [0.717, 1.165) is 32.4 Å². The zero-order valence-electron chi connectivity index (χ0n) is 11.4. The molecule has 1 atom stereocenters. The van der Waals surface area contributed by atoms with Crippen LogP contribution in [0.3, 0.4) is 0 Å². The molecule has 1 N–H and O–H groups in total. The van der Waals surface area contributed by atoms with Gasteiger partial charge < -0.3 is 19.5 Å². The van der Waals surface area contributed by atoms with E-state index >= 15 is 0 Å². The lowest BCUT2D eigenvalue weighted by atomic mass is 9.95. The summed E-state index contributed by atoms with van der Waals surface area (Å²) in [4.78, 5) is 14.6. The lowest BCUT2D eigenvalue weighted by Crippen LogP contribution is -2.37. The Kier molecular flexibility index (Phi) is 4.73. The Morgan fingerprint density at radius 3 is 2.47 bits per heavy atom. The van der Waals surface area contributed by atoms with Crippen LogP contribution in [-0.2, 0) is 0 Å². The maximum atomic E-state index is 9.04. The van der Waals surface area contributed by atoms with Crippen LogP contribution >= 0.6 is 0 Å². The summed E-state index contributed by atoms with van der Waals surface area (Å²) < 4.78 is 10.1. The van der Waals surface area contributed by atoms with Crippen LogP contribution in [0.1, 0.15) is 19.3 Å². The van der Waals surface area contributed by atoms with Crippen molar-refractivity contribution in [3.8, 4) is 12.0 Å². The number of nitrogens with zero attached hydrogens (tertiary/aromatic N) is 4. The zero-order chi connectivity index (χ0) is 13.7. The predicted octanol–water partition coefficient (Wildman–Crippen LogP) is 0.488. The molecule has 7 nitrogen and oxygen atoms in total. The maximum Gasteiger partial charge on any atom is 0.324 e. The first-order valence-electron chi connectivity index (χ1n) is 6.46. The Morgan fingerprint density at radius 2 is 1.89 bits per heavy atom. The molecule has 0 radical (unpaired) electrons. The Labute approximate surface area is 112 Å². The van der Waals surface area contributed by atoms with E-state index in [4.69, 9.17) is 14.6 Å². The molecular formula is C12H20N4O3. The molecule has 2 heterocycles. The van der Waals surface area contributed by atoms with Gasteiger partial charge in [-0.2, -0.15) is 9.97 Å². The third kappa shape index (κ3) is 3.44. The zero-order valence-corrected chi connectivity index (χ0v) is 11.4. The molecule has 1 aromatic heterocycles. The molecule has 1 fully saturated rings. The second-order valence-electron chi connectivity index (χ2n) is 4.58. The molecule has 1 aromatic rings. The topological polar surface area (TPSA) is 80.6 Å². The minimum absolute atomic E-state index is 0.225. The van der Waals surface area contributed by atoms with E-state index < -0.39 is 0 Å². The summed E-state index contributed by atoms with van der Waals surface area (Å²) >= 11 is 0. The Bertz CT molecular complexity index is 392. The Hall–Kier alpha value is -1.63. The summed E-state index contributed by atoms with van der Waals surface area (Å²) in [6.45, 7) is 1.97. The third-order valence-corrected chi connectivity index (χ3v) is 3.29. The molecule has 1 unspecified atom stereocenters. The van der Waals surface area contributed by atoms with Gasteiger partial charge in [0.05, 0.1) is 14.2 Å². The minimum atomic E-state index is 0.225. The molecule has 0 amide bonds. The van der Waals surface area contributed by atoms with Crippen LogP contribution in [0.25, 0.3) is 0 Å². The van der Waals surface area contributed by atoms with E-state index in [9.17, 15) is 0 Å². The van der Waals surface area contributed by atoms with Crippen molar-refractivity contribution in [1.29, 1.82) is 0 Å². The van der Waals surface area contributed by atoms with Crippen molar-refractivity contribution in [2.45, 2.75) is 19.3 Å². The van der Waals surface area contributed by atoms with Crippen molar-refractivity contribution >= 4 is 5.95 Å². The van der Waals surface area contributed by atoms with Crippen LogP contribution in [0.15, 0.2) is 0 Å². The number of aromatic nitrogens is 3. The van der Waals surface area contributed by atoms with Crippen molar-refractivity contribution in [2.24, 2.45) is 5.92 Å². The molecule has 1 aliphatic rings. The second-order valence-corrected chi connectivity index (χ2v) is 4.58. The summed E-state index contributed by atoms with van der Waals surface area (Å²) in [7, 11) is 3.03. The van der Waals surface area contributed by atoms with Gasteiger partial charge in [0.2, 0.25) is 5.95 Å². The molecule has 19 heavy (non-hydrogen) atoms. The average Bonchev–Trinajstić information content (AvgIpc) is 2.47. The first kappa shape index (κ1) is 13.8. The smallest absolute Gasteiger partial charge is 0.324 e. The van der Waals surface area contributed by atoms with Gasteiger partial charge in [-0.05, 0) is 25.2 Å². The van der Waals surface area contributed by atoms with Crippen LogP contribution in [0, 0.1) is 5.92 Å². The maximum absolute atomic E-state index is 9.04. The highest BCUT2D eigenvalue weighted by molar-refractivity contribution is 5.32. The highest BCUT2D eigenvalue weighted by Crippen LogP contribution is 2.24. The molecule has 0 aromatic carbocycles. The van der Waals surface area contributed by atoms with E-state index in [0.29, 0.717) is 11.9 Å². The molecule has 1 saturated heterocycles. The van der Waals surface area contributed by atoms with Crippen LogP contribution in [0.2, 0.25) is 0 Å². The standard InChI is InChI=1S/C12H20N4O3/c1-18-11-13-10(14-12(15-11)19-2)16-6-3-4-9(8-16)5-7-17/h9,17H,3-8H2,1-2H3. The van der Waals surface area contributed by atoms with Gasteiger partial charge in [-0.1, -0.05) is 0 Å². The van der Waals surface area contributed by atoms with Crippen molar-refractivity contribution in [1.82, 2.24) is 15.0 Å². The highest BCUT2D eigenvalue weighted by atomic mass is 16.5. The number of ether oxygens (including phenoxy) is 2. The fraction of sp³-hybridized carbons (Fsp3) is 0.750. The number of hydrogen-bond acceptors (Lipinski definition) is 7. The van der Waals surface area contributed by atoms with Gasteiger partial charge in [-0.3, -0.25) is 0 Å². The van der Waals surface area contributed by atoms with Crippen LogP contribution in [-0.4, -0.2) is 54.0 Å². The van der Waals surface area contributed by atoms with Crippen LogP contribution in [0.5, 0.6) is 12.0 Å². The number of hydrogen-bond donors (Lipinski definition) is 1. The third-order valence-electron chi connectivity index (χ3n) is 3.29. The van der Waals surface area contributed by atoms with E-state index in [1.807, 2.05) is 0 Å². The predicted molar refractivity (Wildman–Crippen MR) is 69.6 cm³/mol. The molecule has 0 aliphatic carbocycles. The highest BCUT2D eigenvalue weighted by Gasteiger charge is 2.22. The Balaban J connectivity index is 2.15. The number of rotatable bonds is 5. The SMILES string of the molecule is COc1nc(OC)nc(N2CCCC(CCO)C2)n1. The monoisotopic (exact) mass is 268 g/mol. The van der Waals surface area contributed by atoms with Gasteiger partial charge in [0, 0.05) is 19.7 Å². The largest absolute Gasteiger partial charge is 0.467 e. The summed E-state index contributed by atoms with van der Waals surface area (Å²) in [5.41, 5.74) is 0. The number of methoxy groups -OCH3 is 2. The van der Waals surface area contributed by atoms with Gasteiger partial charge in [0.15, 0.2) is 0 Å². The van der Waals surface area contributed by atoms with Gasteiger partial charge in [-0.15, -0.1) is 4.98 Å². The van der Waals surface area contributed by atoms with Gasteiger partial charge in [0.1, 0.15) is 0 Å². The fourth-order valence-corrected chi connectivity index (χ4v) is 2.32. The molecule has 7 heteroatoms. The number of aliphatic hydroxyl groups excluding tert-OH is 1. The van der Waals surface area contributed by atoms with Crippen LogP contribution in [0.4, 0.5) is 5.95 Å². The van der Waals surface area contributed by atoms with Crippen molar-refractivity contribution < 1.29 is 14.6 Å². The van der Waals surface area contributed by atoms with E-state index in [1.165, 1.54) is 14.2 Å². The van der Waals surface area contributed by atoms with Gasteiger partial charge >= 0.3 is 12.0 Å². The van der Waals surface area contributed by atoms with Crippen LogP contribution < -0.4 is 14.4 Å². The Morgan fingerprint density at radius 1 is 1.21 bits per heavy atom. The molecule has 106 valence electrons. The number of anilines is 1. The lowest BCUT2D eigenvalue weighted by Gasteiger charge is -2.32. The van der Waals surface area contributed by atoms with E-state index in [-0.39, 0.29) is 18.6 Å². The first-order valence-corrected chi connectivity index (χ1v) is 6.46. The molecule has 0 spiro atoms. The van der Waals surface area contributed by atoms with E-state index in [2.05, 4.69) is 19.9 Å². The number of piperidine rings is 1. The van der Waals surface area contributed by atoms with Crippen molar-refractivity contribution in [2.75, 3.05) is 38.8 Å². The summed E-state index contributed by atoms with van der Waals surface area (Å²) in [6, 6.07) is 0.511. The second kappa shape index (κ2) is 6.51. The molecule has 0 bridgehead atoms. The quantitative estimate of drug-likeness (QED) is 0.832. The number of aliphatic hydroxyl groups is 1. The molecule has 1 aliphatic heterocycles. The van der Waals surface area contributed by atoms with Crippen molar-refractivity contribution in [3.63, 3.8) is 0 Å². The normalized spacial score (nSPS) is 19.3. The summed E-state index contributed by atoms with van der Waals surface area (Å²) in [6.07, 6.45) is 3.02. The lowest BCUT2D eigenvalue weighted by molar-refractivity contribution is 0.243. The van der Waals surface area contributed by atoms with Crippen molar-refractivity contribution in [3.05, 3.63) is 0 Å². The van der Waals surface area contributed by atoms with Gasteiger partial charge in [-0.25, -0.2) is 0 Å². The van der Waals surface area contributed by atoms with Gasteiger partial charge in [0.25, 0.3) is 0 Å². The first-order chi connectivity index (χ1) is 9.26.